The summed E-state index contributed by atoms with van der Waals surface area (Å²) in [7, 11) is 0. The Morgan fingerprint density at radius 1 is 1.10 bits per heavy atom. The van der Waals surface area contributed by atoms with Crippen molar-refractivity contribution in [1.82, 2.24) is 0 Å². The summed E-state index contributed by atoms with van der Waals surface area (Å²) in [4.78, 5) is 11.8. The fraction of sp³-hybridized carbons (Fsp3) is 0.133. The zero-order chi connectivity index (χ0) is 15.4. The molecule has 0 bridgehead atoms. The van der Waals surface area contributed by atoms with E-state index in [4.69, 9.17) is 39.5 Å². The molecule has 0 unspecified atom stereocenters. The molecule has 0 spiro atoms. The number of benzene rings is 2. The van der Waals surface area contributed by atoms with E-state index in [-0.39, 0.29) is 12.5 Å². The van der Waals surface area contributed by atoms with E-state index >= 15 is 0 Å². The van der Waals surface area contributed by atoms with Crippen molar-refractivity contribution in [2.24, 2.45) is 0 Å². The van der Waals surface area contributed by atoms with Crippen LogP contribution in [-0.4, -0.2) is 12.5 Å². The maximum Gasteiger partial charge on any atom is 0.262 e. The Bertz CT molecular complexity index is 674. The summed E-state index contributed by atoms with van der Waals surface area (Å²) < 4.78 is 5.45. The predicted molar refractivity (Wildman–Crippen MR) is 86.8 cm³/mol. The number of hydrogen-bond donors (Lipinski definition) is 1. The molecule has 0 heterocycles. The van der Waals surface area contributed by atoms with Crippen LogP contribution in [0.15, 0.2) is 36.4 Å². The number of carbonyl (C=O) groups is 1. The number of hydrogen-bond acceptors (Lipinski definition) is 2. The van der Waals surface area contributed by atoms with Crippen molar-refractivity contribution >= 4 is 46.4 Å². The molecule has 0 aliphatic carbocycles. The number of halogens is 3. The van der Waals surface area contributed by atoms with Crippen molar-refractivity contribution in [3.05, 3.63) is 57.0 Å². The maximum atomic E-state index is 11.8. The Morgan fingerprint density at radius 3 is 2.43 bits per heavy atom. The van der Waals surface area contributed by atoms with Gasteiger partial charge in [0.25, 0.3) is 5.91 Å². The van der Waals surface area contributed by atoms with Crippen LogP contribution in [0.1, 0.15) is 5.56 Å². The van der Waals surface area contributed by atoms with Crippen LogP contribution in [0, 0.1) is 6.92 Å². The third-order valence-corrected chi connectivity index (χ3v) is 3.48. The van der Waals surface area contributed by atoms with Gasteiger partial charge in [0.15, 0.2) is 6.61 Å². The van der Waals surface area contributed by atoms with Crippen LogP contribution in [0.25, 0.3) is 0 Å². The predicted octanol–water partition coefficient (Wildman–Crippen LogP) is 4.97. The maximum absolute atomic E-state index is 11.8. The lowest BCUT2D eigenvalue weighted by Gasteiger charge is -2.10. The molecular weight excluding hydrogens is 333 g/mol. The van der Waals surface area contributed by atoms with Crippen molar-refractivity contribution in [3.63, 3.8) is 0 Å². The van der Waals surface area contributed by atoms with Gasteiger partial charge in [0.2, 0.25) is 0 Å². The van der Waals surface area contributed by atoms with E-state index in [0.29, 0.717) is 26.5 Å². The number of rotatable bonds is 4. The second-order valence-corrected chi connectivity index (χ2v) is 5.65. The normalized spacial score (nSPS) is 10.3. The van der Waals surface area contributed by atoms with Gasteiger partial charge in [-0.15, -0.1) is 0 Å². The van der Waals surface area contributed by atoms with E-state index in [0.717, 1.165) is 5.56 Å². The fourth-order valence-electron chi connectivity index (χ4n) is 1.70. The number of ether oxygens (including phenoxy) is 1. The average molecular weight is 345 g/mol. The molecule has 0 saturated carbocycles. The molecule has 0 aliphatic heterocycles. The highest BCUT2D eigenvalue weighted by Crippen LogP contribution is 2.25. The van der Waals surface area contributed by atoms with Crippen molar-refractivity contribution in [3.8, 4) is 5.75 Å². The molecule has 0 aromatic heterocycles. The lowest BCUT2D eigenvalue weighted by Crippen LogP contribution is -2.20. The van der Waals surface area contributed by atoms with Gasteiger partial charge in [-0.2, -0.15) is 0 Å². The molecule has 0 fully saturated rings. The van der Waals surface area contributed by atoms with E-state index in [1.807, 2.05) is 6.92 Å². The molecule has 2 aromatic rings. The van der Waals surface area contributed by atoms with Gasteiger partial charge in [-0.25, -0.2) is 0 Å². The summed E-state index contributed by atoms with van der Waals surface area (Å²) in [5.41, 5.74) is 1.35. The van der Waals surface area contributed by atoms with E-state index in [2.05, 4.69) is 5.32 Å². The molecule has 2 aromatic carbocycles. The van der Waals surface area contributed by atoms with Crippen LogP contribution >= 0.6 is 34.8 Å². The summed E-state index contributed by atoms with van der Waals surface area (Å²) >= 11 is 17.6. The molecule has 21 heavy (non-hydrogen) atoms. The lowest BCUT2D eigenvalue weighted by atomic mass is 10.2. The van der Waals surface area contributed by atoms with Crippen LogP contribution < -0.4 is 10.1 Å². The third-order valence-electron chi connectivity index (χ3n) is 2.70. The van der Waals surface area contributed by atoms with Crippen molar-refractivity contribution < 1.29 is 9.53 Å². The van der Waals surface area contributed by atoms with Gasteiger partial charge in [-0.1, -0.05) is 34.8 Å². The van der Waals surface area contributed by atoms with Crippen LogP contribution in [0.3, 0.4) is 0 Å². The van der Waals surface area contributed by atoms with E-state index in [1.165, 1.54) is 0 Å². The number of nitrogens with one attached hydrogen (secondary N) is 1. The molecule has 1 N–H and O–H groups in total. The molecule has 6 heteroatoms. The number of anilines is 1. The average Bonchev–Trinajstić information content (AvgIpc) is 2.41. The molecule has 1 amide bonds. The molecule has 0 radical (unpaired) electrons. The van der Waals surface area contributed by atoms with Crippen molar-refractivity contribution in [1.29, 1.82) is 0 Å². The van der Waals surface area contributed by atoms with Gasteiger partial charge in [-0.3, -0.25) is 4.79 Å². The first-order valence-corrected chi connectivity index (χ1v) is 7.23. The number of carbonyl (C=O) groups excluding carboxylic acids is 1. The van der Waals surface area contributed by atoms with Crippen LogP contribution in [0.5, 0.6) is 5.75 Å². The van der Waals surface area contributed by atoms with Crippen LogP contribution in [-0.2, 0) is 4.79 Å². The second kappa shape index (κ2) is 7.03. The van der Waals surface area contributed by atoms with Crippen LogP contribution in [0.4, 0.5) is 5.69 Å². The van der Waals surface area contributed by atoms with Gasteiger partial charge in [0.05, 0.1) is 10.7 Å². The fourth-order valence-corrected chi connectivity index (χ4v) is 2.38. The lowest BCUT2D eigenvalue weighted by molar-refractivity contribution is -0.118. The first kappa shape index (κ1) is 16.0. The zero-order valence-electron chi connectivity index (χ0n) is 11.1. The summed E-state index contributed by atoms with van der Waals surface area (Å²) in [6, 6.07) is 10.0. The minimum atomic E-state index is -0.312. The standard InChI is InChI=1S/C15H12Cl3NO2/c1-9-6-10(16)3-5-14(9)21-8-15(20)19-13-4-2-11(17)7-12(13)18/h2-7H,8H2,1H3,(H,19,20). The Labute approximate surface area is 137 Å². The van der Waals surface area contributed by atoms with Gasteiger partial charge in [0, 0.05) is 10.0 Å². The Hall–Kier alpha value is -1.42. The van der Waals surface area contributed by atoms with Gasteiger partial charge >= 0.3 is 0 Å². The van der Waals surface area contributed by atoms with Gasteiger partial charge in [0.1, 0.15) is 5.75 Å². The summed E-state index contributed by atoms with van der Waals surface area (Å²) in [6.07, 6.45) is 0. The van der Waals surface area contributed by atoms with E-state index in [9.17, 15) is 4.79 Å². The monoisotopic (exact) mass is 343 g/mol. The second-order valence-electron chi connectivity index (χ2n) is 4.37. The Balaban J connectivity index is 1.96. The van der Waals surface area contributed by atoms with Crippen molar-refractivity contribution in [2.75, 3.05) is 11.9 Å². The minimum Gasteiger partial charge on any atom is -0.483 e. The summed E-state index contributed by atoms with van der Waals surface area (Å²) in [5, 5.41) is 4.16. The summed E-state index contributed by atoms with van der Waals surface area (Å²) in [5.74, 6) is 0.297. The zero-order valence-corrected chi connectivity index (χ0v) is 13.4. The highest BCUT2D eigenvalue weighted by Gasteiger charge is 2.08. The highest BCUT2D eigenvalue weighted by molar-refractivity contribution is 6.36. The van der Waals surface area contributed by atoms with E-state index in [1.54, 1.807) is 36.4 Å². The molecule has 110 valence electrons. The molecule has 0 saturated heterocycles. The quantitative estimate of drug-likeness (QED) is 0.850. The molecule has 0 aliphatic rings. The molecule has 0 atom stereocenters. The van der Waals surface area contributed by atoms with Crippen molar-refractivity contribution in [2.45, 2.75) is 6.92 Å². The molecule has 3 nitrogen and oxygen atoms in total. The number of amides is 1. The molecule has 2 rings (SSSR count). The Morgan fingerprint density at radius 2 is 1.76 bits per heavy atom. The minimum absolute atomic E-state index is 0.124. The largest absolute Gasteiger partial charge is 0.483 e. The summed E-state index contributed by atoms with van der Waals surface area (Å²) in [6.45, 7) is 1.73. The first-order chi connectivity index (χ1) is 9.95. The highest BCUT2D eigenvalue weighted by atomic mass is 35.5. The smallest absolute Gasteiger partial charge is 0.262 e. The number of aryl methyl sites for hydroxylation is 1. The Kier molecular flexibility index (Phi) is 5.34. The van der Waals surface area contributed by atoms with Gasteiger partial charge in [-0.05, 0) is 48.9 Å². The third kappa shape index (κ3) is 4.53. The molecular formula is C15H12Cl3NO2. The topological polar surface area (TPSA) is 38.3 Å². The SMILES string of the molecule is Cc1cc(Cl)ccc1OCC(=O)Nc1ccc(Cl)cc1Cl. The van der Waals surface area contributed by atoms with Crippen LogP contribution in [0.2, 0.25) is 15.1 Å². The van der Waals surface area contributed by atoms with Gasteiger partial charge < -0.3 is 10.1 Å². The first-order valence-electron chi connectivity index (χ1n) is 6.09. The van der Waals surface area contributed by atoms with E-state index < -0.39 is 0 Å².